The third-order valence-corrected chi connectivity index (χ3v) is 3.79. The lowest BCUT2D eigenvalue weighted by atomic mass is 9.73. The first kappa shape index (κ1) is 11.8. The van der Waals surface area contributed by atoms with Crippen molar-refractivity contribution in [2.75, 3.05) is 7.05 Å². The van der Waals surface area contributed by atoms with E-state index in [4.69, 9.17) is 0 Å². The van der Waals surface area contributed by atoms with Crippen LogP contribution in [0.2, 0.25) is 0 Å². The molecule has 2 rings (SSSR count). The molecule has 3 heteroatoms. The summed E-state index contributed by atoms with van der Waals surface area (Å²) < 4.78 is 0. The first-order chi connectivity index (χ1) is 7.91. The normalized spacial score (nSPS) is 23.9. The Morgan fingerprint density at radius 2 is 1.94 bits per heavy atom. The highest BCUT2D eigenvalue weighted by Crippen LogP contribution is 2.37. The van der Waals surface area contributed by atoms with Gasteiger partial charge in [-0.3, -0.25) is 14.5 Å². The molecule has 0 saturated heterocycles. The van der Waals surface area contributed by atoms with E-state index in [0.29, 0.717) is 12.0 Å². The Morgan fingerprint density at radius 1 is 1.29 bits per heavy atom. The molecule has 0 spiro atoms. The van der Waals surface area contributed by atoms with Crippen LogP contribution in [-0.2, 0) is 10.2 Å². The first-order valence-corrected chi connectivity index (χ1v) is 5.85. The molecule has 1 unspecified atom stereocenters. The van der Waals surface area contributed by atoms with Crippen molar-refractivity contribution in [1.82, 2.24) is 4.90 Å². The Kier molecular flexibility index (Phi) is 2.57. The second-order valence-electron chi connectivity index (χ2n) is 4.90. The SMILES string of the molecule is CCC1(C)C(=O)N(C)C(=O)c2ccc(C)cc21. The van der Waals surface area contributed by atoms with Gasteiger partial charge in [0.1, 0.15) is 0 Å². The summed E-state index contributed by atoms with van der Waals surface area (Å²) in [6.45, 7) is 5.87. The zero-order valence-corrected chi connectivity index (χ0v) is 10.7. The second-order valence-corrected chi connectivity index (χ2v) is 4.90. The summed E-state index contributed by atoms with van der Waals surface area (Å²) in [4.78, 5) is 25.6. The molecular formula is C14H17NO2. The average molecular weight is 231 g/mol. The predicted molar refractivity (Wildman–Crippen MR) is 65.9 cm³/mol. The molecule has 1 aliphatic rings. The van der Waals surface area contributed by atoms with Crippen molar-refractivity contribution >= 4 is 11.8 Å². The standard InChI is InChI=1S/C14H17NO2/c1-5-14(3)11-8-9(2)6-7-10(11)12(16)15(4)13(14)17/h6-8H,5H2,1-4H3. The average Bonchev–Trinajstić information content (AvgIpc) is 2.33. The molecule has 3 nitrogen and oxygen atoms in total. The maximum atomic E-state index is 12.3. The molecule has 0 aromatic heterocycles. The van der Waals surface area contributed by atoms with Crippen LogP contribution in [0, 0.1) is 6.92 Å². The van der Waals surface area contributed by atoms with Crippen LogP contribution in [0.3, 0.4) is 0 Å². The Labute approximate surface area is 101 Å². The summed E-state index contributed by atoms with van der Waals surface area (Å²) in [6.07, 6.45) is 0.694. The molecule has 1 aromatic carbocycles. The number of fused-ring (bicyclic) bond motifs is 1. The number of hydrogen-bond donors (Lipinski definition) is 0. The lowest BCUT2D eigenvalue weighted by molar-refractivity contribution is -0.133. The molecule has 2 amide bonds. The van der Waals surface area contributed by atoms with Crippen LogP contribution in [0.4, 0.5) is 0 Å². The largest absolute Gasteiger partial charge is 0.281 e. The fourth-order valence-electron chi connectivity index (χ4n) is 2.40. The molecular weight excluding hydrogens is 214 g/mol. The molecule has 0 aliphatic carbocycles. The van der Waals surface area contributed by atoms with Crippen molar-refractivity contribution in [3.05, 3.63) is 34.9 Å². The number of amides is 2. The lowest BCUT2D eigenvalue weighted by Crippen LogP contribution is -2.51. The third-order valence-electron chi connectivity index (χ3n) is 3.79. The molecule has 0 bridgehead atoms. The van der Waals surface area contributed by atoms with Crippen molar-refractivity contribution < 1.29 is 9.59 Å². The van der Waals surface area contributed by atoms with E-state index in [9.17, 15) is 9.59 Å². The van der Waals surface area contributed by atoms with E-state index in [-0.39, 0.29) is 11.8 Å². The molecule has 17 heavy (non-hydrogen) atoms. The fourth-order valence-corrected chi connectivity index (χ4v) is 2.40. The smallest absolute Gasteiger partial charge is 0.260 e. The second kappa shape index (κ2) is 3.69. The van der Waals surface area contributed by atoms with Crippen LogP contribution < -0.4 is 0 Å². The van der Waals surface area contributed by atoms with Crippen LogP contribution in [0.25, 0.3) is 0 Å². The molecule has 1 atom stereocenters. The number of nitrogens with zero attached hydrogens (tertiary/aromatic N) is 1. The van der Waals surface area contributed by atoms with Crippen LogP contribution >= 0.6 is 0 Å². The van der Waals surface area contributed by atoms with E-state index in [1.807, 2.05) is 39.0 Å². The van der Waals surface area contributed by atoms with Gasteiger partial charge in [-0.1, -0.05) is 24.6 Å². The van der Waals surface area contributed by atoms with Crippen molar-refractivity contribution in [3.8, 4) is 0 Å². The third kappa shape index (κ3) is 1.49. The molecule has 90 valence electrons. The maximum absolute atomic E-state index is 12.3. The van der Waals surface area contributed by atoms with Crippen molar-refractivity contribution in [2.24, 2.45) is 0 Å². The molecule has 0 saturated carbocycles. The number of rotatable bonds is 1. The monoisotopic (exact) mass is 231 g/mol. The van der Waals surface area contributed by atoms with E-state index in [2.05, 4.69) is 0 Å². The predicted octanol–water partition coefficient (Wildman–Crippen LogP) is 2.27. The quantitative estimate of drug-likeness (QED) is 0.695. The van der Waals surface area contributed by atoms with Gasteiger partial charge in [0.25, 0.3) is 5.91 Å². The zero-order valence-electron chi connectivity index (χ0n) is 10.7. The Morgan fingerprint density at radius 3 is 2.53 bits per heavy atom. The minimum Gasteiger partial charge on any atom is -0.281 e. The number of imide groups is 1. The highest BCUT2D eigenvalue weighted by atomic mass is 16.2. The van der Waals surface area contributed by atoms with Gasteiger partial charge in [-0.25, -0.2) is 0 Å². The van der Waals surface area contributed by atoms with Gasteiger partial charge in [0, 0.05) is 12.6 Å². The van der Waals surface area contributed by atoms with E-state index < -0.39 is 5.41 Å². The molecule has 0 fully saturated rings. The minimum atomic E-state index is -0.579. The van der Waals surface area contributed by atoms with Gasteiger partial charge in [0.05, 0.1) is 5.41 Å². The summed E-state index contributed by atoms with van der Waals surface area (Å²) >= 11 is 0. The number of likely N-dealkylation sites (N-methyl/N-ethyl adjacent to an activating group) is 1. The van der Waals surface area contributed by atoms with Gasteiger partial charge in [0.15, 0.2) is 0 Å². The van der Waals surface area contributed by atoms with Crippen LogP contribution in [0.5, 0.6) is 0 Å². The topological polar surface area (TPSA) is 37.4 Å². The van der Waals surface area contributed by atoms with Crippen molar-refractivity contribution in [2.45, 2.75) is 32.6 Å². The lowest BCUT2D eigenvalue weighted by Gasteiger charge is -2.37. The molecule has 1 aliphatic heterocycles. The van der Waals surface area contributed by atoms with Gasteiger partial charge in [-0.05, 0) is 31.9 Å². The highest BCUT2D eigenvalue weighted by molar-refractivity contribution is 6.12. The maximum Gasteiger partial charge on any atom is 0.260 e. The summed E-state index contributed by atoms with van der Waals surface area (Å²) in [5.74, 6) is -0.306. The molecule has 0 radical (unpaired) electrons. The van der Waals surface area contributed by atoms with Gasteiger partial charge in [-0.15, -0.1) is 0 Å². The summed E-state index contributed by atoms with van der Waals surface area (Å²) in [6, 6.07) is 5.70. The summed E-state index contributed by atoms with van der Waals surface area (Å²) in [5, 5.41) is 0. The van der Waals surface area contributed by atoms with Gasteiger partial charge >= 0.3 is 0 Å². The van der Waals surface area contributed by atoms with Gasteiger partial charge in [-0.2, -0.15) is 0 Å². The van der Waals surface area contributed by atoms with Crippen LogP contribution in [0.1, 0.15) is 41.8 Å². The molecule has 0 N–H and O–H groups in total. The van der Waals surface area contributed by atoms with E-state index >= 15 is 0 Å². The number of carbonyl (C=O) groups is 2. The van der Waals surface area contributed by atoms with E-state index in [1.165, 1.54) is 4.90 Å². The Hall–Kier alpha value is -1.64. The van der Waals surface area contributed by atoms with E-state index in [1.54, 1.807) is 7.05 Å². The Balaban J connectivity index is 2.74. The number of benzene rings is 1. The van der Waals surface area contributed by atoms with E-state index in [0.717, 1.165) is 11.1 Å². The zero-order chi connectivity index (χ0) is 12.8. The van der Waals surface area contributed by atoms with Crippen molar-refractivity contribution in [1.29, 1.82) is 0 Å². The first-order valence-electron chi connectivity index (χ1n) is 5.85. The molecule has 1 heterocycles. The van der Waals surface area contributed by atoms with Gasteiger partial charge < -0.3 is 0 Å². The van der Waals surface area contributed by atoms with Crippen LogP contribution in [0.15, 0.2) is 18.2 Å². The molecule has 1 aromatic rings. The number of hydrogen-bond acceptors (Lipinski definition) is 2. The number of carbonyl (C=O) groups excluding carboxylic acids is 2. The summed E-state index contributed by atoms with van der Waals surface area (Å²) in [5.41, 5.74) is 2.02. The summed E-state index contributed by atoms with van der Waals surface area (Å²) in [7, 11) is 1.56. The minimum absolute atomic E-state index is 0.108. The van der Waals surface area contributed by atoms with Crippen molar-refractivity contribution in [3.63, 3.8) is 0 Å². The Bertz CT molecular complexity index is 507. The highest BCUT2D eigenvalue weighted by Gasteiger charge is 2.44. The van der Waals surface area contributed by atoms with Crippen LogP contribution in [-0.4, -0.2) is 23.8 Å². The fraction of sp³-hybridized carbons (Fsp3) is 0.429. The number of aryl methyl sites for hydroxylation is 1. The van der Waals surface area contributed by atoms with Gasteiger partial charge in [0.2, 0.25) is 5.91 Å².